The lowest BCUT2D eigenvalue weighted by Gasteiger charge is -1.99. The third kappa shape index (κ3) is 2.33. The first-order chi connectivity index (χ1) is 7.88. The molecule has 0 aliphatic heterocycles. The molecule has 0 saturated heterocycles. The van der Waals surface area contributed by atoms with Gasteiger partial charge in [-0.05, 0) is 18.2 Å². The molecule has 2 rings (SSSR count). The number of halogens is 4. The molecule has 1 aromatic heterocycles. The van der Waals surface area contributed by atoms with Crippen LogP contribution in [0.3, 0.4) is 0 Å². The maximum Gasteiger partial charge on any atom is 0.455 e. The van der Waals surface area contributed by atoms with Gasteiger partial charge in [0.1, 0.15) is 5.75 Å². The highest BCUT2D eigenvalue weighted by molar-refractivity contribution is 6.30. The lowest BCUT2D eigenvalue weighted by Crippen LogP contribution is -2.07. The summed E-state index contributed by atoms with van der Waals surface area (Å²) in [5, 5.41) is 12.4. The van der Waals surface area contributed by atoms with Crippen molar-refractivity contribution in [2.75, 3.05) is 0 Å². The number of aromatic hydroxyl groups is 1. The minimum absolute atomic E-state index is 0.0551. The Bertz CT molecular complexity index is 553. The molecule has 0 bridgehead atoms. The summed E-state index contributed by atoms with van der Waals surface area (Å²) in [5.74, 6) is -2.16. The van der Waals surface area contributed by atoms with Gasteiger partial charge in [0.05, 0.1) is 5.56 Å². The topological polar surface area (TPSA) is 59.2 Å². The number of aromatic nitrogens is 2. The van der Waals surface area contributed by atoms with Gasteiger partial charge in [0.15, 0.2) is 0 Å². The third-order valence-corrected chi connectivity index (χ3v) is 2.10. The molecule has 0 amide bonds. The second kappa shape index (κ2) is 3.92. The molecule has 0 atom stereocenters. The molecule has 0 fully saturated rings. The van der Waals surface area contributed by atoms with Gasteiger partial charge in [0.25, 0.3) is 11.7 Å². The molecule has 1 N–H and O–H groups in total. The standard InChI is InChI=1S/C9H4ClF3N2O2/c10-4-1-2-6(16)5(3-4)7-14-8(15-17-7)9(11,12)13/h1-3,16H. The molecule has 8 heteroatoms. The Kier molecular flexibility index (Phi) is 2.70. The van der Waals surface area contributed by atoms with Crippen LogP contribution in [0.4, 0.5) is 13.2 Å². The molecule has 0 unspecified atom stereocenters. The number of phenolic OH excluding ortho intramolecular Hbond substituents is 1. The van der Waals surface area contributed by atoms with E-state index in [2.05, 4.69) is 14.7 Å². The average Bonchev–Trinajstić information content (AvgIpc) is 2.70. The Morgan fingerprint density at radius 1 is 1.29 bits per heavy atom. The molecular weight excluding hydrogens is 261 g/mol. The fourth-order valence-corrected chi connectivity index (χ4v) is 1.30. The second-order valence-corrected chi connectivity index (χ2v) is 3.52. The van der Waals surface area contributed by atoms with Gasteiger partial charge < -0.3 is 9.63 Å². The maximum atomic E-state index is 12.2. The number of alkyl halides is 3. The fourth-order valence-electron chi connectivity index (χ4n) is 1.13. The van der Waals surface area contributed by atoms with E-state index in [1.807, 2.05) is 0 Å². The molecule has 2 aromatic rings. The van der Waals surface area contributed by atoms with Crippen molar-refractivity contribution in [1.82, 2.24) is 10.1 Å². The van der Waals surface area contributed by atoms with Crippen LogP contribution in [0.2, 0.25) is 5.02 Å². The molecular formula is C9H4ClF3N2O2. The predicted molar refractivity (Wildman–Crippen MR) is 51.4 cm³/mol. The van der Waals surface area contributed by atoms with Crippen LogP contribution >= 0.6 is 11.6 Å². The number of nitrogens with zero attached hydrogens (tertiary/aromatic N) is 2. The summed E-state index contributed by atoms with van der Waals surface area (Å²) in [6, 6.07) is 3.82. The minimum Gasteiger partial charge on any atom is -0.507 e. The van der Waals surface area contributed by atoms with E-state index in [4.69, 9.17) is 11.6 Å². The number of phenols is 1. The van der Waals surface area contributed by atoms with Crippen LogP contribution in [-0.2, 0) is 6.18 Å². The van der Waals surface area contributed by atoms with Gasteiger partial charge in [-0.25, -0.2) is 0 Å². The first-order valence-corrected chi connectivity index (χ1v) is 4.65. The van der Waals surface area contributed by atoms with Crippen LogP contribution < -0.4 is 0 Å². The zero-order chi connectivity index (χ0) is 12.6. The molecule has 0 spiro atoms. The molecule has 90 valence electrons. The highest BCUT2D eigenvalue weighted by Gasteiger charge is 2.37. The molecule has 0 radical (unpaired) electrons. The van der Waals surface area contributed by atoms with Crippen molar-refractivity contribution in [1.29, 1.82) is 0 Å². The smallest absolute Gasteiger partial charge is 0.455 e. The third-order valence-electron chi connectivity index (χ3n) is 1.87. The number of hydrogen-bond donors (Lipinski definition) is 1. The Morgan fingerprint density at radius 3 is 2.59 bits per heavy atom. The molecule has 17 heavy (non-hydrogen) atoms. The van der Waals surface area contributed by atoms with Crippen LogP contribution in [0.5, 0.6) is 5.75 Å². The fraction of sp³-hybridized carbons (Fsp3) is 0.111. The molecule has 0 aliphatic carbocycles. The predicted octanol–water partition coefficient (Wildman–Crippen LogP) is 3.11. The van der Waals surface area contributed by atoms with Gasteiger partial charge in [-0.3, -0.25) is 0 Å². The zero-order valence-corrected chi connectivity index (χ0v) is 8.75. The van der Waals surface area contributed by atoms with Gasteiger partial charge in [-0.15, -0.1) is 0 Å². The van der Waals surface area contributed by atoms with E-state index in [9.17, 15) is 18.3 Å². The molecule has 1 aromatic carbocycles. The monoisotopic (exact) mass is 264 g/mol. The van der Waals surface area contributed by atoms with Gasteiger partial charge in [0.2, 0.25) is 0 Å². The lowest BCUT2D eigenvalue weighted by atomic mass is 10.2. The van der Waals surface area contributed by atoms with Crippen molar-refractivity contribution in [2.24, 2.45) is 0 Å². The van der Waals surface area contributed by atoms with E-state index in [1.165, 1.54) is 18.2 Å². The summed E-state index contributed by atoms with van der Waals surface area (Å²) in [7, 11) is 0. The van der Waals surface area contributed by atoms with E-state index >= 15 is 0 Å². The first kappa shape index (κ1) is 11.7. The van der Waals surface area contributed by atoms with Gasteiger partial charge >= 0.3 is 6.18 Å². The van der Waals surface area contributed by atoms with Gasteiger partial charge in [0, 0.05) is 5.02 Å². The SMILES string of the molecule is Oc1ccc(Cl)cc1-c1nc(C(F)(F)F)no1. The van der Waals surface area contributed by atoms with E-state index in [0.717, 1.165) is 0 Å². The van der Waals surface area contributed by atoms with Crippen molar-refractivity contribution in [3.8, 4) is 17.2 Å². The van der Waals surface area contributed by atoms with Gasteiger partial charge in [-0.1, -0.05) is 16.8 Å². The Morgan fingerprint density at radius 2 is 2.00 bits per heavy atom. The van der Waals surface area contributed by atoms with Crippen molar-refractivity contribution in [3.63, 3.8) is 0 Å². The number of benzene rings is 1. The van der Waals surface area contributed by atoms with Crippen LogP contribution in [0, 0.1) is 0 Å². The van der Waals surface area contributed by atoms with Crippen molar-refractivity contribution in [2.45, 2.75) is 6.18 Å². The van der Waals surface area contributed by atoms with E-state index in [-0.39, 0.29) is 16.3 Å². The lowest BCUT2D eigenvalue weighted by molar-refractivity contribution is -0.146. The van der Waals surface area contributed by atoms with Crippen LogP contribution in [0.25, 0.3) is 11.5 Å². The summed E-state index contributed by atoms with van der Waals surface area (Å²) < 4.78 is 41.1. The van der Waals surface area contributed by atoms with Crippen LogP contribution in [0.1, 0.15) is 5.82 Å². The summed E-state index contributed by atoms with van der Waals surface area (Å²) in [5.41, 5.74) is -0.0551. The van der Waals surface area contributed by atoms with E-state index in [1.54, 1.807) is 0 Å². The highest BCUT2D eigenvalue weighted by Crippen LogP contribution is 2.33. The number of hydrogen-bond acceptors (Lipinski definition) is 4. The summed E-state index contributed by atoms with van der Waals surface area (Å²) in [6.45, 7) is 0. The van der Waals surface area contributed by atoms with Crippen molar-refractivity contribution in [3.05, 3.63) is 29.0 Å². The average molecular weight is 265 g/mol. The second-order valence-electron chi connectivity index (χ2n) is 3.08. The first-order valence-electron chi connectivity index (χ1n) is 4.28. The van der Waals surface area contributed by atoms with Gasteiger partial charge in [-0.2, -0.15) is 18.2 Å². The van der Waals surface area contributed by atoms with E-state index in [0.29, 0.717) is 0 Å². The normalized spacial score (nSPS) is 11.8. The molecule has 4 nitrogen and oxygen atoms in total. The minimum atomic E-state index is -4.70. The zero-order valence-electron chi connectivity index (χ0n) is 7.99. The van der Waals surface area contributed by atoms with Crippen LogP contribution in [-0.4, -0.2) is 15.2 Å². The molecule has 0 saturated carbocycles. The summed E-state index contributed by atoms with van der Waals surface area (Å²) in [6.07, 6.45) is -4.70. The highest BCUT2D eigenvalue weighted by atomic mass is 35.5. The Hall–Kier alpha value is -1.76. The largest absolute Gasteiger partial charge is 0.507 e. The molecule has 0 aliphatic rings. The van der Waals surface area contributed by atoms with Crippen LogP contribution in [0.15, 0.2) is 22.7 Å². The molecule has 1 heterocycles. The van der Waals surface area contributed by atoms with Crippen molar-refractivity contribution < 1.29 is 22.8 Å². The van der Waals surface area contributed by atoms with Crippen molar-refractivity contribution >= 4 is 11.6 Å². The summed E-state index contributed by atoms with van der Waals surface area (Å²) in [4.78, 5) is 3.13. The Labute approximate surface area is 97.6 Å². The number of rotatable bonds is 1. The Balaban J connectivity index is 2.47. The maximum absolute atomic E-state index is 12.2. The van der Waals surface area contributed by atoms with E-state index < -0.39 is 17.9 Å². The summed E-state index contributed by atoms with van der Waals surface area (Å²) >= 11 is 5.64. The quantitative estimate of drug-likeness (QED) is 0.860.